The van der Waals surface area contributed by atoms with E-state index in [2.05, 4.69) is 25.3 Å². The number of unbranched alkanes of at least 4 members (excludes halogenated alkanes) is 3. The summed E-state index contributed by atoms with van der Waals surface area (Å²) in [5.41, 5.74) is 0. The fourth-order valence-electron chi connectivity index (χ4n) is 0.654. The molecule has 0 saturated carbocycles. The summed E-state index contributed by atoms with van der Waals surface area (Å²) in [6, 6.07) is 0. The topological polar surface area (TPSA) is 26.3 Å². The number of hydrogen-bond acceptors (Lipinski definition) is 2. The van der Waals surface area contributed by atoms with Crippen molar-refractivity contribution in [3.63, 3.8) is 0 Å². The summed E-state index contributed by atoms with van der Waals surface area (Å²) in [5, 5.41) is 0. The minimum absolute atomic E-state index is 0.225. The summed E-state index contributed by atoms with van der Waals surface area (Å²) in [7, 11) is 0. The van der Waals surface area contributed by atoms with Crippen LogP contribution < -0.4 is 0 Å². The summed E-state index contributed by atoms with van der Waals surface area (Å²) in [6.45, 7) is 5.14. The van der Waals surface area contributed by atoms with Crippen LogP contribution in [0, 0.1) is 6.61 Å². The Morgan fingerprint density at radius 1 is 1.50 bits per heavy atom. The summed E-state index contributed by atoms with van der Waals surface area (Å²) in [6.07, 6.45) is 4.41. The molecule has 0 fully saturated rings. The SMILES string of the molecule is CCCCC[CH-]OC(C)=O.[Zn+][Br]. The summed E-state index contributed by atoms with van der Waals surface area (Å²) < 4.78 is 4.62. The molecule has 0 aromatic rings. The first kappa shape index (κ1) is 15.1. The second-order valence-corrected chi connectivity index (χ2v) is 2.27. The van der Waals surface area contributed by atoms with Crippen LogP contribution in [0.15, 0.2) is 0 Å². The third-order valence-electron chi connectivity index (χ3n) is 1.17. The molecule has 0 aromatic heterocycles. The van der Waals surface area contributed by atoms with Crippen LogP contribution in [0.4, 0.5) is 0 Å². The normalized spacial score (nSPS) is 8.42. The molecule has 0 atom stereocenters. The number of hydrogen-bond donors (Lipinski definition) is 0. The van der Waals surface area contributed by atoms with Crippen LogP contribution >= 0.6 is 13.6 Å². The molecule has 0 aliphatic carbocycles. The molecular formula is C8H15BrO2Zn. The first-order valence-corrected chi connectivity index (χ1v) is 11.0. The Hall–Kier alpha value is 0.573. The van der Waals surface area contributed by atoms with E-state index < -0.39 is 0 Å². The molecule has 0 spiro atoms. The zero-order chi connectivity index (χ0) is 9.82. The van der Waals surface area contributed by atoms with E-state index in [1.165, 1.54) is 36.1 Å². The molecule has 0 aliphatic heterocycles. The maximum atomic E-state index is 10.2. The third-order valence-corrected chi connectivity index (χ3v) is 1.17. The van der Waals surface area contributed by atoms with E-state index in [1.54, 1.807) is 6.61 Å². The van der Waals surface area contributed by atoms with Crippen molar-refractivity contribution in [1.29, 1.82) is 0 Å². The van der Waals surface area contributed by atoms with Gasteiger partial charge < -0.3 is 4.74 Å². The van der Waals surface area contributed by atoms with Gasteiger partial charge in [-0.1, -0.05) is 26.2 Å². The zero-order valence-corrected chi connectivity index (χ0v) is 12.4. The number of rotatable bonds is 5. The number of ether oxygens (including phenoxy) is 1. The fraction of sp³-hybridized carbons (Fsp3) is 0.750. The summed E-state index contributed by atoms with van der Waals surface area (Å²) >= 11 is 4.25. The van der Waals surface area contributed by atoms with Crippen molar-refractivity contribution >= 4 is 19.6 Å². The molecule has 4 heteroatoms. The van der Waals surface area contributed by atoms with Gasteiger partial charge in [0.15, 0.2) is 0 Å². The summed E-state index contributed by atoms with van der Waals surface area (Å²) in [5.74, 6) is -0.225. The number of esters is 1. The van der Waals surface area contributed by atoms with Crippen molar-refractivity contribution in [2.75, 3.05) is 0 Å². The molecule has 0 unspecified atom stereocenters. The van der Waals surface area contributed by atoms with Gasteiger partial charge in [0.05, 0.1) is 0 Å². The Bertz CT molecular complexity index is 99.1. The van der Waals surface area contributed by atoms with Crippen molar-refractivity contribution in [3.8, 4) is 0 Å². The van der Waals surface area contributed by atoms with Gasteiger partial charge in [-0.25, -0.2) is 0 Å². The average Bonchev–Trinajstić information content (AvgIpc) is 2.07. The van der Waals surface area contributed by atoms with Gasteiger partial charge in [0.1, 0.15) is 0 Å². The van der Waals surface area contributed by atoms with Crippen LogP contribution in [0.5, 0.6) is 0 Å². The monoisotopic (exact) mass is 286 g/mol. The van der Waals surface area contributed by atoms with Gasteiger partial charge in [0, 0.05) is 6.92 Å². The Morgan fingerprint density at radius 2 is 2.08 bits per heavy atom. The van der Waals surface area contributed by atoms with Gasteiger partial charge in [-0.2, -0.15) is 6.61 Å². The molecule has 68 valence electrons. The van der Waals surface area contributed by atoms with Crippen molar-refractivity contribution in [2.24, 2.45) is 0 Å². The first-order chi connectivity index (χ1) is 5.77. The van der Waals surface area contributed by atoms with Gasteiger partial charge in [0.25, 0.3) is 5.97 Å². The Kier molecular flexibility index (Phi) is 17.7. The van der Waals surface area contributed by atoms with Gasteiger partial charge in [-0.3, -0.25) is 4.79 Å². The Morgan fingerprint density at radius 3 is 2.50 bits per heavy atom. The van der Waals surface area contributed by atoms with Crippen LogP contribution in [-0.2, 0) is 25.9 Å². The number of carbonyl (C=O) groups is 1. The van der Waals surface area contributed by atoms with Crippen LogP contribution in [0.3, 0.4) is 0 Å². The standard InChI is InChI=1S/C8H15O2.BrH.Zn/c1-3-4-5-6-7-10-8(2)9;;/h7H,3-6H2,1-2H3;1H;/q-1;;+2/p-1. The summed E-state index contributed by atoms with van der Waals surface area (Å²) in [4.78, 5) is 10.2. The number of carbonyl (C=O) groups excluding carboxylic acids is 1. The van der Waals surface area contributed by atoms with E-state index in [-0.39, 0.29) is 5.97 Å². The molecule has 2 nitrogen and oxygen atoms in total. The van der Waals surface area contributed by atoms with E-state index in [0.717, 1.165) is 12.8 Å². The van der Waals surface area contributed by atoms with Crippen molar-refractivity contribution < 1.29 is 25.9 Å². The minimum atomic E-state index is -0.225. The quantitative estimate of drug-likeness (QED) is 0.336. The second kappa shape index (κ2) is 14.1. The molecule has 12 heavy (non-hydrogen) atoms. The van der Waals surface area contributed by atoms with Crippen molar-refractivity contribution in [3.05, 3.63) is 6.61 Å². The van der Waals surface area contributed by atoms with E-state index in [0.29, 0.717) is 0 Å². The van der Waals surface area contributed by atoms with Crippen LogP contribution in [0.1, 0.15) is 39.5 Å². The molecule has 0 bridgehead atoms. The predicted octanol–water partition coefficient (Wildman–Crippen LogP) is 3.13. The van der Waals surface area contributed by atoms with Crippen molar-refractivity contribution in [1.82, 2.24) is 0 Å². The zero-order valence-electron chi connectivity index (χ0n) is 7.81. The average molecular weight is 288 g/mol. The van der Waals surface area contributed by atoms with Crippen LogP contribution in [0.2, 0.25) is 0 Å². The van der Waals surface area contributed by atoms with Crippen LogP contribution in [0.25, 0.3) is 0 Å². The van der Waals surface area contributed by atoms with Gasteiger partial charge in [-0.15, -0.1) is 6.42 Å². The van der Waals surface area contributed by atoms with Gasteiger partial charge in [-0.05, 0) is 0 Å². The van der Waals surface area contributed by atoms with Gasteiger partial charge >= 0.3 is 30.0 Å². The molecule has 0 N–H and O–H groups in total. The molecule has 0 rings (SSSR count). The van der Waals surface area contributed by atoms with E-state index in [4.69, 9.17) is 0 Å². The molecule has 0 heterocycles. The molecule has 0 radical (unpaired) electrons. The maximum absolute atomic E-state index is 10.2. The Labute approximate surface area is 91.5 Å². The van der Waals surface area contributed by atoms with E-state index >= 15 is 0 Å². The van der Waals surface area contributed by atoms with Crippen LogP contribution in [-0.4, -0.2) is 5.97 Å². The molecule has 0 aliphatic rings. The second-order valence-electron chi connectivity index (χ2n) is 2.27. The predicted molar refractivity (Wildman–Crippen MR) is 49.1 cm³/mol. The fourth-order valence-corrected chi connectivity index (χ4v) is 0.654. The Balaban J connectivity index is 0. The molecule has 0 aromatic carbocycles. The van der Waals surface area contributed by atoms with Gasteiger partial charge in [0.2, 0.25) is 0 Å². The molecule has 0 saturated heterocycles. The molecule has 0 amide bonds. The molecular weight excluding hydrogens is 273 g/mol. The van der Waals surface area contributed by atoms with Crippen molar-refractivity contribution in [2.45, 2.75) is 39.5 Å². The first-order valence-electron chi connectivity index (χ1n) is 4.03. The van der Waals surface area contributed by atoms with E-state index in [9.17, 15) is 4.79 Å². The van der Waals surface area contributed by atoms with E-state index in [1.807, 2.05) is 0 Å². The third kappa shape index (κ3) is 16.9. The number of halogens is 1.